The van der Waals surface area contributed by atoms with Crippen LogP contribution in [-0.2, 0) is 0 Å². The van der Waals surface area contributed by atoms with Gasteiger partial charge in [0.25, 0.3) is 0 Å². The largest absolute Gasteiger partial charge is 0.389 e. The first-order valence-electron chi connectivity index (χ1n) is 5.86. The van der Waals surface area contributed by atoms with Crippen LogP contribution in [0.1, 0.15) is 18.6 Å². The van der Waals surface area contributed by atoms with Crippen LogP contribution < -0.4 is 4.90 Å². The second-order valence-electron chi connectivity index (χ2n) is 4.28. The molecule has 0 heterocycles. The summed E-state index contributed by atoms with van der Waals surface area (Å²) in [4.78, 5) is 2.11. The summed E-state index contributed by atoms with van der Waals surface area (Å²) in [5.41, 5.74) is 3.12. The fraction of sp³-hybridized carbons (Fsp3) is 0.200. The van der Waals surface area contributed by atoms with Crippen molar-refractivity contribution in [2.45, 2.75) is 13.0 Å². The van der Waals surface area contributed by atoms with E-state index in [4.69, 9.17) is 0 Å². The number of benzene rings is 2. The van der Waals surface area contributed by atoms with Crippen LogP contribution in [0.3, 0.4) is 0 Å². The van der Waals surface area contributed by atoms with Crippen molar-refractivity contribution >= 4 is 27.3 Å². The lowest BCUT2D eigenvalue weighted by Gasteiger charge is -2.20. The van der Waals surface area contributed by atoms with Gasteiger partial charge in [0, 0.05) is 22.9 Å². The number of aliphatic hydroxyl groups is 1. The molecular formula is C15H16BrNO. The number of rotatable bonds is 3. The van der Waals surface area contributed by atoms with E-state index in [1.165, 1.54) is 0 Å². The third-order valence-corrected chi connectivity index (χ3v) is 3.65. The highest BCUT2D eigenvalue weighted by atomic mass is 79.9. The highest BCUT2D eigenvalue weighted by Crippen LogP contribution is 2.30. The second-order valence-corrected chi connectivity index (χ2v) is 5.13. The fourth-order valence-corrected chi connectivity index (χ4v) is 2.56. The third-order valence-electron chi connectivity index (χ3n) is 2.96. The molecule has 0 aliphatic rings. The van der Waals surface area contributed by atoms with Crippen LogP contribution in [0.5, 0.6) is 0 Å². The Morgan fingerprint density at radius 3 is 2.28 bits per heavy atom. The van der Waals surface area contributed by atoms with Gasteiger partial charge in [0.15, 0.2) is 0 Å². The molecule has 0 spiro atoms. The van der Waals surface area contributed by atoms with E-state index in [2.05, 4.69) is 33.0 Å². The quantitative estimate of drug-likeness (QED) is 0.915. The van der Waals surface area contributed by atoms with Crippen molar-refractivity contribution in [3.63, 3.8) is 0 Å². The van der Waals surface area contributed by atoms with Crippen LogP contribution in [0.15, 0.2) is 53.0 Å². The smallest absolute Gasteiger partial charge is 0.0772 e. The van der Waals surface area contributed by atoms with Gasteiger partial charge in [-0.3, -0.25) is 0 Å². The summed E-state index contributed by atoms with van der Waals surface area (Å²) < 4.78 is 0.929. The van der Waals surface area contributed by atoms with Crippen LogP contribution in [-0.4, -0.2) is 12.2 Å². The van der Waals surface area contributed by atoms with Crippen molar-refractivity contribution in [1.82, 2.24) is 0 Å². The van der Waals surface area contributed by atoms with Crippen LogP contribution in [0.25, 0.3) is 0 Å². The summed E-state index contributed by atoms with van der Waals surface area (Å²) >= 11 is 3.50. The lowest BCUT2D eigenvalue weighted by atomic mass is 10.1. The van der Waals surface area contributed by atoms with Crippen molar-refractivity contribution in [3.05, 3.63) is 58.6 Å². The first-order chi connectivity index (χ1) is 8.59. The number of aliphatic hydroxyl groups excluding tert-OH is 1. The highest BCUT2D eigenvalue weighted by Gasteiger charge is 2.09. The van der Waals surface area contributed by atoms with Crippen molar-refractivity contribution in [1.29, 1.82) is 0 Å². The molecule has 18 heavy (non-hydrogen) atoms. The topological polar surface area (TPSA) is 23.5 Å². The van der Waals surface area contributed by atoms with Gasteiger partial charge in [-0.15, -0.1) is 0 Å². The van der Waals surface area contributed by atoms with E-state index >= 15 is 0 Å². The number of nitrogens with zero attached hydrogens (tertiary/aromatic N) is 1. The van der Waals surface area contributed by atoms with Crippen LogP contribution >= 0.6 is 15.9 Å². The molecule has 0 fully saturated rings. The van der Waals surface area contributed by atoms with E-state index in [1.54, 1.807) is 6.92 Å². The van der Waals surface area contributed by atoms with Gasteiger partial charge >= 0.3 is 0 Å². The lowest BCUT2D eigenvalue weighted by Crippen LogP contribution is -2.09. The minimum absolute atomic E-state index is 0.463. The van der Waals surface area contributed by atoms with Gasteiger partial charge in [-0.2, -0.15) is 0 Å². The van der Waals surface area contributed by atoms with E-state index in [9.17, 15) is 5.11 Å². The van der Waals surface area contributed by atoms with Gasteiger partial charge in [0.1, 0.15) is 0 Å². The summed E-state index contributed by atoms with van der Waals surface area (Å²) in [6.45, 7) is 1.76. The van der Waals surface area contributed by atoms with Crippen molar-refractivity contribution in [3.8, 4) is 0 Å². The molecule has 0 unspecified atom stereocenters. The average molecular weight is 306 g/mol. The van der Waals surface area contributed by atoms with E-state index < -0.39 is 6.10 Å². The van der Waals surface area contributed by atoms with Crippen LogP contribution in [0.2, 0.25) is 0 Å². The molecule has 3 heteroatoms. The minimum atomic E-state index is -0.463. The standard InChI is InChI=1S/C15H16BrNO/c1-11(18)14-9-8-13(10-15(14)16)17(2)12-6-4-3-5-7-12/h3-11,18H,1-2H3/t11-/m1/s1. The van der Waals surface area contributed by atoms with Gasteiger partial charge in [-0.05, 0) is 36.8 Å². The summed E-state index contributed by atoms with van der Waals surface area (Å²) in [5.74, 6) is 0. The molecule has 94 valence electrons. The Morgan fingerprint density at radius 1 is 1.06 bits per heavy atom. The molecule has 0 aromatic heterocycles. The van der Waals surface area contributed by atoms with E-state index in [0.29, 0.717) is 0 Å². The van der Waals surface area contributed by atoms with Crippen LogP contribution in [0, 0.1) is 0 Å². The monoisotopic (exact) mass is 305 g/mol. The Labute approximate surface area is 116 Å². The van der Waals surface area contributed by atoms with Gasteiger partial charge in [0.2, 0.25) is 0 Å². The maximum atomic E-state index is 9.61. The third kappa shape index (κ3) is 2.74. The van der Waals surface area contributed by atoms with E-state index in [1.807, 2.05) is 43.4 Å². The Morgan fingerprint density at radius 2 is 1.72 bits per heavy atom. The Kier molecular flexibility index (Phi) is 4.04. The molecule has 0 saturated carbocycles. The number of hydrogen-bond donors (Lipinski definition) is 1. The molecule has 2 nitrogen and oxygen atoms in total. The summed E-state index contributed by atoms with van der Waals surface area (Å²) in [6, 6.07) is 16.2. The summed E-state index contributed by atoms with van der Waals surface area (Å²) in [7, 11) is 2.03. The Hall–Kier alpha value is -1.32. The first-order valence-corrected chi connectivity index (χ1v) is 6.65. The van der Waals surface area contributed by atoms with Crippen molar-refractivity contribution in [2.75, 3.05) is 11.9 Å². The first kappa shape index (κ1) is 13.1. The predicted molar refractivity (Wildman–Crippen MR) is 79.3 cm³/mol. The number of hydrogen-bond acceptors (Lipinski definition) is 2. The molecule has 2 rings (SSSR count). The molecule has 2 aromatic rings. The SMILES string of the molecule is C[C@@H](O)c1ccc(N(C)c2ccccc2)cc1Br. The molecule has 2 aromatic carbocycles. The average Bonchev–Trinajstić information content (AvgIpc) is 2.38. The number of anilines is 2. The zero-order valence-corrected chi connectivity index (χ0v) is 12.1. The maximum absolute atomic E-state index is 9.61. The summed E-state index contributed by atoms with van der Waals surface area (Å²) in [5, 5.41) is 9.61. The predicted octanol–water partition coefficient (Wildman–Crippen LogP) is 4.27. The normalized spacial score (nSPS) is 12.2. The summed E-state index contributed by atoms with van der Waals surface area (Å²) in [6.07, 6.45) is -0.463. The van der Waals surface area contributed by atoms with E-state index in [-0.39, 0.29) is 0 Å². The molecule has 1 N–H and O–H groups in total. The number of halogens is 1. The molecule has 1 atom stereocenters. The molecular weight excluding hydrogens is 290 g/mol. The van der Waals surface area contributed by atoms with Gasteiger partial charge < -0.3 is 10.0 Å². The van der Waals surface area contributed by atoms with Gasteiger partial charge in [-0.1, -0.05) is 40.2 Å². The Bertz CT molecular complexity index is 525. The van der Waals surface area contributed by atoms with Gasteiger partial charge in [0.05, 0.1) is 6.10 Å². The molecule has 0 bridgehead atoms. The van der Waals surface area contributed by atoms with Crippen LogP contribution in [0.4, 0.5) is 11.4 Å². The fourth-order valence-electron chi connectivity index (χ4n) is 1.86. The molecule has 0 saturated heterocycles. The highest BCUT2D eigenvalue weighted by molar-refractivity contribution is 9.10. The molecule has 0 amide bonds. The molecule has 0 aliphatic heterocycles. The van der Waals surface area contributed by atoms with Crippen molar-refractivity contribution < 1.29 is 5.11 Å². The van der Waals surface area contributed by atoms with E-state index in [0.717, 1.165) is 21.4 Å². The zero-order valence-electron chi connectivity index (χ0n) is 10.5. The minimum Gasteiger partial charge on any atom is -0.389 e. The second kappa shape index (κ2) is 5.55. The molecule has 0 radical (unpaired) electrons. The Balaban J connectivity index is 2.32. The van der Waals surface area contributed by atoms with Gasteiger partial charge in [-0.25, -0.2) is 0 Å². The van der Waals surface area contributed by atoms with Crippen molar-refractivity contribution in [2.24, 2.45) is 0 Å². The number of para-hydroxylation sites is 1. The zero-order chi connectivity index (χ0) is 13.1. The lowest BCUT2D eigenvalue weighted by molar-refractivity contribution is 0.198. The molecule has 0 aliphatic carbocycles. The maximum Gasteiger partial charge on any atom is 0.0772 e.